The summed E-state index contributed by atoms with van der Waals surface area (Å²) >= 11 is 1.44. The Bertz CT molecular complexity index is 1410. The van der Waals surface area contributed by atoms with Crippen molar-refractivity contribution in [3.63, 3.8) is 0 Å². The van der Waals surface area contributed by atoms with Gasteiger partial charge in [-0.3, -0.25) is 14.4 Å². The lowest BCUT2D eigenvalue weighted by molar-refractivity contribution is 0.0751. The number of anilines is 2. The van der Waals surface area contributed by atoms with Crippen LogP contribution in [0.25, 0.3) is 0 Å². The highest BCUT2D eigenvalue weighted by atomic mass is 32.1. The fraction of sp³-hybridized carbons (Fsp3) is 0.387. The van der Waals surface area contributed by atoms with E-state index in [0.717, 1.165) is 36.2 Å². The quantitative estimate of drug-likeness (QED) is 0.362. The molecule has 2 heterocycles. The van der Waals surface area contributed by atoms with Crippen molar-refractivity contribution < 1.29 is 23.9 Å². The molecule has 1 saturated heterocycles. The van der Waals surface area contributed by atoms with E-state index in [4.69, 9.17) is 15.2 Å². The predicted molar refractivity (Wildman–Crippen MR) is 164 cm³/mol. The SMILES string of the molecule is COc1ccc(C(=O)Nc2cc(C(=O)NC3CCC(N)CC3)ccc2N2CCN(C(=O)c3cccs3)CC2)cc1OC. The molecule has 222 valence electrons. The molecule has 0 spiro atoms. The fourth-order valence-corrected chi connectivity index (χ4v) is 6.15. The molecule has 0 unspecified atom stereocenters. The van der Waals surface area contributed by atoms with E-state index in [0.29, 0.717) is 54.5 Å². The number of nitrogens with one attached hydrogen (secondary N) is 2. The van der Waals surface area contributed by atoms with Gasteiger partial charge in [-0.2, -0.15) is 0 Å². The molecule has 3 aromatic rings. The molecule has 11 heteroatoms. The molecular formula is C31H37N5O5S. The zero-order chi connectivity index (χ0) is 29.6. The maximum Gasteiger partial charge on any atom is 0.264 e. The van der Waals surface area contributed by atoms with Gasteiger partial charge in [-0.15, -0.1) is 11.3 Å². The third kappa shape index (κ3) is 6.69. The molecule has 10 nitrogen and oxygen atoms in total. The van der Waals surface area contributed by atoms with Crippen molar-refractivity contribution in [1.29, 1.82) is 0 Å². The maximum absolute atomic E-state index is 13.4. The Morgan fingerprint density at radius 1 is 0.857 bits per heavy atom. The molecule has 0 radical (unpaired) electrons. The number of ether oxygens (including phenoxy) is 2. The van der Waals surface area contributed by atoms with Crippen molar-refractivity contribution in [2.24, 2.45) is 5.73 Å². The maximum atomic E-state index is 13.4. The molecule has 1 aromatic heterocycles. The number of carbonyl (C=O) groups is 3. The predicted octanol–water partition coefficient (Wildman–Crippen LogP) is 3.98. The van der Waals surface area contributed by atoms with Crippen molar-refractivity contribution >= 4 is 40.4 Å². The number of carbonyl (C=O) groups excluding carboxylic acids is 3. The van der Waals surface area contributed by atoms with Crippen LogP contribution in [-0.2, 0) is 0 Å². The minimum Gasteiger partial charge on any atom is -0.493 e. The molecule has 42 heavy (non-hydrogen) atoms. The largest absolute Gasteiger partial charge is 0.493 e. The van der Waals surface area contributed by atoms with Crippen LogP contribution in [0, 0.1) is 0 Å². The summed E-state index contributed by atoms with van der Waals surface area (Å²) in [6.07, 6.45) is 3.47. The van der Waals surface area contributed by atoms with E-state index in [9.17, 15) is 14.4 Å². The highest BCUT2D eigenvalue weighted by Gasteiger charge is 2.26. The summed E-state index contributed by atoms with van der Waals surface area (Å²) < 4.78 is 10.7. The van der Waals surface area contributed by atoms with Gasteiger partial charge in [-0.05, 0) is 73.5 Å². The van der Waals surface area contributed by atoms with Crippen LogP contribution in [0.15, 0.2) is 53.9 Å². The average Bonchev–Trinajstić information content (AvgIpc) is 3.57. The summed E-state index contributed by atoms with van der Waals surface area (Å²) in [6, 6.07) is 14.3. The van der Waals surface area contributed by atoms with Crippen molar-refractivity contribution in [3.8, 4) is 11.5 Å². The second-order valence-corrected chi connectivity index (χ2v) is 11.5. The lowest BCUT2D eigenvalue weighted by Gasteiger charge is -2.37. The van der Waals surface area contributed by atoms with Crippen LogP contribution in [0.5, 0.6) is 11.5 Å². The van der Waals surface area contributed by atoms with Crippen LogP contribution in [0.2, 0.25) is 0 Å². The van der Waals surface area contributed by atoms with Gasteiger partial charge < -0.3 is 35.6 Å². The number of nitrogens with two attached hydrogens (primary N) is 1. The smallest absolute Gasteiger partial charge is 0.264 e. The summed E-state index contributed by atoms with van der Waals surface area (Å²) in [5.41, 5.74) is 8.18. The second-order valence-electron chi connectivity index (χ2n) is 10.6. The summed E-state index contributed by atoms with van der Waals surface area (Å²) in [4.78, 5) is 44.2. The van der Waals surface area contributed by atoms with Crippen molar-refractivity contribution in [2.75, 3.05) is 50.6 Å². The van der Waals surface area contributed by atoms with Crippen LogP contribution in [0.3, 0.4) is 0 Å². The minimum absolute atomic E-state index is 0.0299. The van der Waals surface area contributed by atoms with Crippen LogP contribution in [0.1, 0.15) is 56.1 Å². The van der Waals surface area contributed by atoms with Gasteiger partial charge in [0.1, 0.15) is 0 Å². The van der Waals surface area contributed by atoms with Gasteiger partial charge in [-0.25, -0.2) is 0 Å². The molecule has 5 rings (SSSR count). The second kappa shape index (κ2) is 13.3. The van der Waals surface area contributed by atoms with Gasteiger partial charge in [-0.1, -0.05) is 6.07 Å². The molecule has 2 fully saturated rings. The highest BCUT2D eigenvalue weighted by Crippen LogP contribution is 2.32. The molecule has 2 aliphatic rings. The number of piperazine rings is 1. The topological polar surface area (TPSA) is 126 Å². The number of methoxy groups -OCH3 is 2. The van der Waals surface area contributed by atoms with E-state index < -0.39 is 0 Å². The Hall–Kier alpha value is -4.09. The first-order chi connectivity index (χ1) is 20.4. The van der Waals surface area contributed by atoms with Gasteiger partial charge >= 0.3 is 0 Å². The molecular weight excluding hydrogens is 554 g/mol. The van der Waals surface area contributed by atoms with Gasteiger partial charge in [0.25, 0.3) is 17.7 Å². The summed E-state index contributed by atoms with van der Waals surface area (Å²) in [5.74, 6) is 0.462. The van der Waals surface area contributed by atoms with Crippen LogP contribution in [0.4, 0.5) is 11.4 Å². The molecule has 1 aliphatic heterocycles. The average molecular weight is 592 g/mol. The number of hydrogen-bond acceptors (Lipinski definition) is 8. The third-order valence-electron chi connectivity index (χ3n) is 7.90. The Morgan fingerprint density at radius 2 is 1.55 bits per heavy atom. The number of rotatable bonds is 8. The number of hydrogen-bond donors (Lipinski definition) is 3. The zero-order valence-corrected chi connectivity index (χ0v) is 24.7. The number of benzene rings is 2. The fourth-order valence-electron chi connectivity index (χ4n) is 5.46. The molecule has 2 aromatic carbocycles. The van der Waals surface area contributed by atoms with E-state index >= 15 is 0 Å². The van der Waals surface area contributed by atoms with Gasteiger partial charge in [0.2, 0.25) is 0 Å². The minimum atomic E-state index is -0.345. The lowest BCUT2D eigenvalue weighted by atomic mass is 9.91. The van der Waals surface area contributed by atoms with Crippen molar-refractivity contribution in [2.45, 2.75) is 37.8 Å². The molecule has 1 saturated carbocycles. The Labute approximate surface area is 249 Å². The molecule has 1 aliphatic carbocycles. The Balaban J connectivity index is 1.36. The first kappa shape index (κ1) is 29.4. The van der Waals surface area contributed by atoms with E-state index in [-0.39, 0.29) is 29.8 Å². The monoisotopic (exact) mass is 591 g/mol. The summed E-state index contributed by atoms with van der Waals surface area (Å²) in [6.45, 7) is 2.27. The first-order valence-corrected chi connectivity index (χ1v) is 15.1. The number of amides is 3. The standard InChI is InChI=1S/C31H37N5O5S/c1-40-26-12-6-21(19-27(26)41-2)30(38)34-24-18-20(29(37)33-23-9-7-22(32)8-10-23)5-11-25(24)35-13-15-36(16-14-35)31(39)28-4-3-17-42-28/h3-6,11-12,17-19,22-23H,7-10,13-16,32H2,1-2H3,(H,33,37)(H,34,38). The van der Waals surface area contributed by atoms with Crippen LogP contribution in [-0.4, -0.2) is 75.1 Å². The highest BCUT2D eigenvalue weighted by molar-refractivity contribution is 7.12. The summed E-state index contributed by atoms with van der Waals surface area (Å²) in [5, 5.41) is 8.05. The van der Waals surface area contributed by atoms with Crippen molar-refractivity contribution in [1.82, 2.24) is 10.2 Å². The van der Waals surface area contributed by atoms with E-state index in [1.54, 1.807) is 30.3 Å². The lowest BCUT2D eigenvalue weighted by Crippen LogP contribution is -2.48. The van der Waals surface area contributed by atoms with Crippen LogP contribution < -0.4 is 30.7 Å². The molecule has 0 bridgehead atoms. The molecule has 3 amide bonds. The summed E-state index contributed by atoms with van der Waals surface area (Å²) in [7, 11) is 3.05. The van der Waals surface area contributed by atoms with Gasteiger partial charge in [0.05, 0.1) is 30.5 Å². The van der Waals surface area contributed by atoms with Gasteiger partial charge in [0, 0.05) is 49.4 Å². The number of nitrogens with zero attached hydrogens (tertiary/aromatic N) is 2. The zero-order valence-electron chi connectivity index (χ0n) is 23.9. The van der Waals surface area contributed by atoms with E-state index in [1.807, 2.05) is 28.5 Å². The Morgan fingerprint density at radius 3 is 2.21 bits per heavy atom. The number of thiophene rings is 1. The molecule has 0 atom stereocenters. The van der Waals surface area contributed by atoms with Crippen molar-refractivity contribution in [3.05, 3.63) is 69.9 Å². The van der Waals surface area contributed by atoms with Crippen LogP contribution >= 0.6 is 11.3 Å². The van der Waals surface area contributed by atoms with E-state index in [2.05, 4.69) is 15.5 Å². The Kier molecular flexibility index (Phi) is 9.28. The first-order valence-electron chi connectivity index (χ1n) is 14.2. The van der Waals surface area contributed by atoms with E-state index in [1.165, 1.54) is 25.6 Å². The van der Waals surface area contributed by atoms with Gasteiger partial charge in [0.15, 0.2) is 11.5 Å². The normalized spacial score (nSPS) is 18.7. The third-order valence-corrected chi connectivity index (χ3v) is 8.76. The molecule has 4 N–H and O–H groups in total.